The van der Waals surface area contributed by atoms with Gasteiger partial charge in [-0.2, -0.15) is 0 Å². The Balaban J connectivity index is 1.73. The molecule has 21 heavy (non-hydrogen) atoms. The zero-order valence-corrected chi connectivity index (χ0v) is 11.9. The van der Waals surface area contributed by atoms with Gasteiger partial charge in [-0.15, -0.1) is 0 Å². The highest BCUT2D eigenvalue weighted by atomic mass is 16.2. The molecule has 1 aromatic rings. The van der Waals surface area contributed by atoms with E-state index in [2.05, 4.69) is 33.5 Å². The number of benzene rings is 1. The molecule has 1 aromatic carbocycles. The summed E-state index contributed by atoms with van der Waals surface area (Å²) in [6.07, 6.45) is 1.28. The van der Waals surface area contributed by atoms with Gasteiger partial charge in [-0.05, 0) is 25.2 Å². The van der Waals surface area contributed by atoms with Crippen molar-refractivity contribution >= 4 is 23.2 Å². The molecule has 0 aromatic heterocycles. The predicted octanol–water partition coefficient (Wildman–Crippen LogP) is 0.391. The summed E-state index contributed by atoms with van der Waals surface area (Å²) < 4.78 is 0. The summed E-state index contributed by atoms with van der Waals surface area (Å²) in [6.45, 7) is 4.06. The van der Waals surface area contributed by atoms with Crippen LogP contribution >= 0.6 is 0 Å². The van der Waals surface area contributed by atoms with E-state index in [1.54, 1.807) is 0 Å². The highest BCUT2D eigenvalue weighted by Crippen LogP contribution is 2.22. The third kappa shape index (κ3) is 3.05. The fourth-order valence-corrected chi connectivity index (χ4v) is 2.51. The lowest BCUT2D eigenvalue weighted by Gasteiger charge is -2.34. The maximum Gasteiger partial charge on any atom is 0.274 e. The maximum atomic E-state index is 11.5. The SMILES string of the molecule is CN1CCN(c2cccc(NC3=CC(=O)NC3=O)c2)CC1. The molecule has 0 spiro atoms. The van der Waals surface area contributed by atoms with Gasteiger partial charge < -0.3 is 15.1 Å². The molecule has 6 nitrogen and oxygen atoms in total. The van der Waals surface area contributed by atoms with Crippen LogP contribution in [0.2, 0.25) is 0 Å². The number of imide groups is 1. The topological polar surface area (TPSA) is 64.7 Å². The molecule has 2 aliphatic heterocycles. The van der Waals surface area contributed by atoms with Crippen LogP contribution in [0.4, 0.5) is 11.4 Å². The lowest BCUT2D eigenvalue weighted by atomic mass is 10.2. The van der Waals surface area contributed by atoms with Crippen LogP contribution in [0, 0.1) is 0 Å². The number of amides is 2. The molecule has 0 unspecified atom stereocenters. The largest absolute Gasteiger partial charge is 0.369 e. The number of rotatable bonds is 3. The first-order valence-electron chi connectivity index (χ1n) is 6.99. The Labute approximate surface area is 123 Å². The Hall–Kier alpha value is -2.34. The van der Waals surface area contributed by atoms with Crippen LogP contribution in [0.1, 0.15) is 0 Å². The molecule has 110 valence electrons. The molecular formula is C15H18N4O2. The minimum Gasteiger partial charge on any atom is -0.369 e. The zero-order valence-electron chi connectivity index (χ0n) is 11.9. The fourth-order valence-electron chi connectivity index (χ4n) is 2.51. The fraction of sp³-hybridized carbons (Fsp3) is 0.333. The number of hydrogen-bond acceptors (Lipinski definition) is 5. The van der Waals surface area contributed by atoms with Gasteiger partial charge in [0.25, 0.3) is 11.8 Å². The van der Waals surface area contributed by atoms with Crippen molar-refractivity contribution in [2.45, 2.75) is 0 Å². The van der Waals surface area contributed by atoms with Crippen LogP contribution in [0.25, 0.3) is 0 Å². The van der Waals surface area contributed by atoms with Crippen molar-refractivity contribution in [1.29, 1.82) is 0 Å². The van der Waals surface area contributed by atoms with Gasteiger partial charge in [-0.3, -0.25) is 14.9 Å². The van der Waals surface area contributed by atoms with Crippen LogP contribution in [0.5, 0.6) is 0 Å². The smallest absolute Gasteiger partial charge is 0.274 e. The molecule has 2 heterocycles. The molecule has 3 rings (SSSR count). The average molecular weight is 286 g/mol. The third-order valence-corrected chi connectivity index (χ3v) is 3.75. The van der Waals surface area contributed by atoms with Crippen LogP contribution in [0.15, 0.2) is 36.0 Å². The molecule has 6 heteroatoms. The molecule has 0 radical (unpaired) electrons. The summed E-state index contributed by atoms with van der Waals surface area (Å²) in [5, 5.41) is 5.22. The molecule has 0 bridgehead atoms. The van der Waals surface area contributed by atoms with Gasteiger partial charge in [0.05, 0.1) is 0 Å². The van der Waals surface area contributed by atoms with Gasteiger partial charge in [0, 0.05) is 43.6 Å². The van der Waals surface area contributed by atoms with Crippen molar-refractivity contribution in [2.75, 3.05) is 43.4 Å². The molecule has 0 atom stereocenters. The second-order valence-electron chi connectivity index (χ2n) is 5.34. The van der Waals surface area contributed by atoms with E-state index < -0.39 is 0 Å². The normalized spacial score (nSPS) is 19.5. The number of hydrogen-bond donors (Lipinski definition) is 2. The minimum atomic E-state index is -0.384. The van der Waals surface area contributed by atoms with E-state index in [1.807, 2.05) is 18.2 Å². The van der Waals surface area contributed by atoms with E-state index in [4.69, 9.17) is 0 Å². The Morgan fingerprint density at radius 2 is 1.90 bits per heavy atom. The van der Waals surface area contributed by atoms with Crippen LogP contribution in [-0.4, -0.2) is 49.9 Å². The molecule has 2 aliphatic rings. The number of piperazine rings is 1. The monoisotopic (exact) mass is 286 g/mol. The number of nitrogens with zero attached hydrogens (tertiary/aromatic N) is 2. The summed E-state index contributed by atoms with van der Waals surface area (Å²) in [6, 6.07) is 7.90. The Bertz CT molecular complexity index is 603. The Morgan fingerprint density at radius 3 is 2.57 bits per heavy atom. The van der Waals surface area contributed by atoms with Crippen LogP contribution in [-0.2, 0) is 9.59 Å². The molecule has 0 aliphatic carbocycles. The van der Waals surface area contributed by atoms with E-state index in [1.165, 1.54) is 6.08 Å². The minimum absolute atomic E-state index is 0.288. The summed E-state index contributed by atoms with van der Waals surface area (Å²) in [5.41, 5.74) is 2.22. The zero-order chi connectivity index (χ0) is 14.8. The number of carbonyl (C=O) groups is 2. The van der Waals surface area contributed by atoms with Gasteiger partial charge in [0.15, 0.2) is 0 Å². The van der Waals surface area contributed by atoms with E-state index in [0.717, 1.165) is 37.6 Å². The number of carbonyl (C=O) groups excluding carboxylic acids is 2. The summed E-state index contributed by atoms with van der Waals surface area (Å²) >= 11 is 0. The summed E-state index contributed by atoms with van der Waals surface area (Å²) in [5.74, 6) is -0.761. The van der Waals surface area contributed by atoms with Gasteiger partial charge in [-0.25, -0.2) is 0 Å². The molecule has 1 fully saturated rings. The van der Waals surface area contributed by atoms with Crippen molar-refractivity contribution in [2.24, 2.45) is 0 Å². The molecular weight excluding hydrogens is 268 g/mol. The van der Waals surface area contributed by atoms with Crippen LogP contribution in [0.3, 0.4) is 0 Å². The summed E-state index contributed by atoms with van der Waals surface area (Å²) in [4.78, 5) is 27.3. The van der Waals surface area contributed by atoms with Crippen molar-refractivity contribution in [3.63, 3.8) is 0 Å². The molecule has 2 amide bonds. The Kier molecular flexibility index (Phi) is 3.62. The van der Waals surface area contributed by atoms with Gasteiger partial charge in [-0.1, -0.05) is 6.07 Å². The van der Waals surface area contributed by atoms with Gasteiger partial charge >= 0.3 is 0 Å². The van der Waals surface area contributed by atoms with Gasteiger partial charge in [0.2, 0.25) is 0 Å². The quantitative estimate of drug-likeness (QED) is 0.787. The van der Waals surface area contributed by atoms with Crippen molar-refractivity contribution < 1.29 is 9.59 Å². The van der Waals surface area contributed by atoms with E-state index in [-0.39, 0.29) is 17.5 Å². The van der Waals surface area contributed by atoms with Crippen molar-refractivity contribution in [3.05, 3.63) is 36.0 Å². The second-order valence-corrected chi connectivity index (χ2v) is 5.34. The number of anilines is 2. The number of nitrogens with one attached hydrogen (secondary N) is 2. The summed E-state index contributed by atoms with van der Waals surface area (Å²) in [7, 11) is 2.12. The highest BCUT2D eigenvalue weighted by Gasteiger charge is 2.21. The van der Waals surface area contributed by atoms with E-state index in [0.29, 0.717) is 0 Å². The molecule has 0 saturated carbocycles. The lowest BCUT2D eigenvalue weighted by molar-refractivity contribution is -0.123. The Morgan fingerprint density at radius 1 is 1.14 bits per heavy atom. The maximum absolute atomic E-state index is 11.5. The van der Waals surface area contributed by atoms with Gasteiger partial charge in [0.1, 0.15) is 5.70 Å². The molecule has 1 saturated heterocycles. The van der Waals surface area contributed by atoms with E-state index >= 15 is 0 Å². The van der Waals surface area contributed by atoms with Crippen molar-refractivity contribution in [3.8, 4) is 0 Å². The standard InChI is InChI=1S/C15H18N4O2/c1-18-5-7-19(8-6-18)12-4-2-3-11(9-12)16-13-10-14(20)17-15(13)21/h2-4,9-10H,5-8H2,1H3,(H2,16,17,20,21). The first-order chi connectivity index (χ1) is 10.1. The number of likely N-dealkylation sites (N-methyl/N-ethyl adjacent to an activating group) is 1. The lowest BCUT2D eigenvalue weighted by Crippen LogP contribution is -2.44. The average Bonchev–Trinajstić information content (AvgIpc) is 2.78. The third-order valence-electron chi connectivity index (χ3n) is 3.75. The first-order valence-corrected chi connectivity index (χ1v) is 6.99. The highest BCUT2D eigenvalue weighted by molar-refractivity contribution is 6.17. The van der Waals surface area contributed by atoms with Crippen LogP contribution < -0.4 is 15.5 Å². The van der Waals surface area contributed by atoms with E-state index in [9.17, 15) is 9.59 Å². The molecule has 2 N–H and O–H groups in total. The first kappa shape index (κ1) is 13.6. The predicted molar refractivity (Wildman–Crippen MR) is 81.0 cm³/mol. The second kappa shape index (κ2) is 5.57. The van der Waals surface area contributed by atoms with Crippen molar-refractivity contribution in [1.82, 2.24) is 10.2 Å².